The molecule has 1 saturated carbocycles. The molecule has 0 saturated heterocycles. The Bertz CT molecular complexity index is 369. The maximum absolute atomic E-state index is 13.0. The topological polar surface area (TPSA) is 38.9 Å². The minimum Gasteiger partial charge on any atom is -0.320 e. The van der Waals surface area contributed by atoms with Crippen LogP contribution in [0.3, 0.4) is 0 Å². The summed E-state index contributed by atoms with van der Waals surface area (Å²) in [5.41, 5.74) is 7.08. The third kappa shape index (κ3) is 2.72. The second-order valence-electron chi connectivity index (χ2n) is 5.44. The average molecular weight is 250 g/mol. The number of rotatable bonds is 3. The van der Waals surface area contributed by atoms with E-state index in [2.05, 4.69) is 11.9 Å². The van der Waals surface area contributed by atoms with Crippen LogP contribution in [-0.4, -0.2) is 4.98 Å². The summed E-state index contributed by atoms with van der Waals surface area (Å²) in [6.45, 7) is 2.11. The predicted octanol–water partition coefficient (Wildman–Crippen LogP) is 3.76. The quantitative estimate of drug-likeness (QED) is 0.830. The van der Waals surface area contributed by atoms with Crippen molar-refractivity contribution in [2.75, 3.05) is 0 Å². The third-order valence-corrected chi connectivity index (χ3v) is 4.37. The van der Waals surface area contributed by atoms with Gasteiger partial charge in [0.2, 0.25) is 0 Å². The maximum atomic E-state index is 13.0. The Morgan fingerprint density at radius 1 is 1.28 bits per heavy atom. The van der Waals surface area contributed by atoms with Crippen molar-refractivity contribution in [1.82, 2.24) is 4.98 Å². The fraction of sp³-hybridized carbons (Fsp3) is 0.667. The third-order valence-electron chi connectivity index (χ3n) is 4.37. The summed E-state index contributed by atoms with van der Waals surface area (Å²) in [7, 11) is 0. The van der Waals surface area contributed by atoms with Crippen molar-refractivity contribution in [3.8, 4) is 0 Å². The molecule has 0 spiro atoms. The van der Waals surface area contributed by atoms with Gasteiger partial charge in [-0.1, -0.05) is 32.6 Å². The molecule has 0 aliphatic heterocycles. The van der Waals surface area contributed by atoms with Gasteiger partial charge in [0.15, 0.2) is 0 Å². The summed E-state index contributed by atoms with van der Waals surface area (Å²) >= 11 is 0. The second-order valence-corrected chi connectivity index (χ2v) is 5.44. The molecule has 1 aromatic rings. The highest BCUT2D eigenvalue weighted by Crippen LogP contribution is 2.38. The van der Waals surface area contributed by atoms with E-state index < -0.39 is 5.54 Å². The number of nitrogens with two attached hydrogens (primary N) is 1. The first kappa shape index (κ1) is 13.5. The predicted molar refractivity (Wildman–Crippen MR) is 71.5 cm³/mol. The average Bonchev–Trinajstić information content (AvgIpc) is 2.68. The lowest BCUT2D eigenvalue weighted by molar-refractivity contribution is 0.230. The Morgan fingerprint density at radius 2 is 1.94 bits per heavy atom. The molecule has 0 aromatic carbocycles. The zero-order valence-corrected chi connectivity index (χ0v) is 11.2. The van der Waals surface area contributed by atoms with Gasteiger partial charge in [-0.15, -0.1) is 0 Å². The van der Waals surface area contributed by atoms with E-state index in [1.54, 1.807) is 6.07 Å². The molecule has 1 aliphatic rings. The van der Waals surface area contributed by atoms with E-state index in [1.165, 1.54) is 50.8 Å². The molecule has 100 valence electrons. The number of aromatic nitrogens is 1. The monoisotopic (exact) mass is 250 g/mol. The van der Waals surface area contributed by atoms with Gasteiger partial charge in [-0.25, -0.2) is 4.39 Å². The lowest BCUT2D eigenvalue weighted by Crippen LogP contribution is -2.44. The van der Waals surface area contributed by atoms with Crippen molar-refractivity contribution in [2.24, 2.45) is 11.7 Å². The van der Waals surface area contributed by atoms with Crippen molar-refractivity contribution in [1.29, 1.82) is 0 Å². The van der Waals surface area contributed by atoms with Crippen molar-refractivity contribution >= 4 is 0 Å². The van der Waals surface area contributed by atoms with Crippen LogP contribution in [0, 0.1) is 11.7 Å². The molecule has 2 rings (SSSR count). The van der Waals surface area contributed by atoms with Crippen LogP contribution in [-0.2, 0) is 5.54 Å². The van der Waals surface area contributed by atoms with Crippen LogP contribution < -0.4 is 5.73 Å². The lowest BCUT2D eigenvalue weighted by Gasteiger charge is -2.36. The van der Waals surface area contributed by atoms with Crippen molar-refractivity contribution in [3.05, 3.63) is 29.8 Å². The van der Waals surface area contributed by atoms with E-state index in [1.807, 2.05) is 0 Å². The van der Waals surface area contributed by atoms with Crippen LogP contribution in [0.25, 0.3) is 0 Å². The van der Waals surface area contributed by atoms with Gasteiger partial charge in [-0.2, -0.15) is 0 Å². The van der Waals surface area contributed by atoms with Crippen LogP contribution in [0.5, 0.6) is 0 Å². The van der Waals surface area contributed by atoms with Gasteiger partial charge in [0, 0.05) is 0 Å². The number of pyridine rings is 1. The van der Waals surface area contributed by atoms with Gasteiger partial charge >= 0.3 is 0 Å². The van der Waals surface area contributed by atoms with Gasteiger partial charge in [0.1, 0.15) is 5.82 Å². The minimum absolute atomic E-state index is 0.293. The molecule has 1 aromatic heterocycles. The fourth-order valence-electron chi connectivity index (χ4n) is 3.12. The summed E-state index contributed by atoms with van der Waals surface area (Å²) in [5, 5.41) is 0. The van der Waals surface area contributed by atoms with Gasteiger partial charge in [0.25, 0.3) is 0 Å². The van der Waals surface area contributed by atoms with Crippen LogP contribution in [0.15, 0.2) is 18.3 Å². The molecular formula is C15H23FN2. The standard InChI is InChI=1S/C15H23FN2/c1-2-15(17,12-7-5-3-4-6-8-12)14-10-9-13(16)11-18-14/h9-12H,2-8,17H2,1H3. The maximum Gasteiger partial charge on any atom is 0.141 e. The van der Waals surface area contributed by atoms with E-state index in [4.69, 9.17) is 5.73 Å². The molecule has 2 nitrogen and oxygen atoms in total. The highest BCUT2D eigenvalue weighted by Gasteiger charge is 2.36. The molecule has 2 N–H and O–H groups in total. The van der Waals surface area contributed by atoms with E-state index >= 15 is 0 Å². The zero-order chi connectivity index (χ0) is 13.0. The van der Waals surface area contributed by atoms with Gasteiger partial charge < -0.3 is 5.73 Å². The van der Waals surface area contributed by atoms with Crippen molar-refractivity contribution in [2.45, 2.75) is 57.4 Å². The molecule has 1 atom stereocenters. The summed E-state index contributed by atoms with van der Waals surface area (Å²) in [4.78, 5) is 4.23. The normalized spacial score (nSPS) is 21.3. The van der Waals surface area contributed by atoms with Crippen molar-refractivity contribution < 1.29 is 4.39 Å². The van der Waals surface area contributed by atoms with Crippen molar-refractivity contribution in [3.63, 3.8) is 0 Å². The Morgan fingerprint density at radius 3 is 2.44 bits per heavy atom. The number of hydrogen-bond donors (Lipinski definition) is 1. The Kier molecular flexibility index (Phi) is 4.33. The summed E-state index contributed by atoms with van der Waals surface area (Å²) < 4.78 is 13.0. The second kappa shape index (κ2) is 5.79. The molecule has 18 heavy (non-hydrogen) atoms. The van der Waals surface area contributed by atoms with E-state index in [0.29, 0.717) is 5.92 Å². The summed E-state index contributed by atoms with van der Waals surface area (Å²) in [5.74, 6) is 0.182. The molecule has 1 aliphatic carbocycles. The zero-order valence-electron chi connectivity index (χ0n) is 11.2. The van der Waals surface area contributed by atoms with Crippen LogP contribution >= 0.6 is 0 Å². The SMILES string of the molecule is CCC(N)(c1ccc(F)cn1)C1CCCCCC1. The Hall–Kier alpha value is -0.960. The summed E-state index contributed by atoms with van der Waals surface area (Å²) in [6.07, 6.45) is 9.61. The Balaban J connectivity index is 2.25. The number of hydrogen-bond acceptors (Lipinski definition) is 2. The van der Waals surface area contributed by atoms with Gasteiger partial charge in [0.05, 0.1) is 17.4 Å². The molecule has 1 unspecified atom stereocenters. The molecular weight excluding hydrogens is 227 g/mol. The van der Waals surface area contributed by atoms with Crippen LogP contribution in [0.1, 0.15) is 57.6 Å². The molecule has 0 bridgehead atoms. The molecule has 3 heteroatoms. The number of nitrogens with zero attached hydrogens (tertiary/aromatic N) is 1. The van der Waals surface area contributed by atoms with Crippen LogP contribution in [0.4, 0.5) is 4.39 Å². The van der Waals surface area contributed by atoms with Crippen LogP contribution in [0.2, 0.25) is 0 Å². The highest BCUT2D eigenvalue weighted by atomic mass is 19.1. The first-order valence-electron chi connectivity index (χ1n) is 7.07. The molecule has 0 amide bonds. The Labute approximate surface area is 109 Å². The van der Waals surface area contributed by atoms with E-state index in [0.717, 1.165) is 12.1 Å². The largest absolute Gasteiger partial charge is 0.320 e. The first-order chi connectivity index (χ1) is 8.66. The first-order valence-corrected chi connectivity index (χ1v) is 7.07. The molecule has 1 heterocycles. The van der Waals surface area contributed by atoms with E-state index in [9.17, 15) is 4.39 Å². The molecule has 0 radical (unpaired) electrons. The lowest BCUT2D eigenvalue weighted by atomic mass is 9.75. The van der Waals surface area contributed by atoms with Gasteiger partial charge in [-0.3, -0.25) is 4.98 Å². The fourth-order valence-corrected chi connectivity index (χ4v) is 3.12. The summed E-state index contributed by atoms with van der Waals surface area (Å²) in [6, 6.07) is 3.22. The minimum atomic E-state index is -0.391. The van der Waals surface area contributed by atoms with E-state index in [-0.39, 0.29) is 5.82 Å². The molecule has 1 fully saturated rings. The smallest absolute Gasteiger partial charge is 0.141 e. The number of halogens is 1. The van der Waals surface area contributed by atoms with Gasteiger partial charge in [-0.05, 0) is 37.3 Å². The highest BCUT2D eigenvalue weighted by molar-refractivity contribution is 5.17.